The molecule has 0 spiro atoms. The maximum absolute atomic E-state index is 14.1. The summed E-state index contributed by atoms with van der Waals surface area (Å²) in [5.41, 5.74) is 10.2. The van der Waals surface area contributed by atoms with Crippen LogP contribution in [-0.2, 0) is 35.4 Å². The lowest BCUT2D eigenvalue weighted by molar-refractivity contribution is -0.165. The highest BCUT2D eigenvalue weighted by atomic mass is 16.6. The number of nitrogens with one attached hydrogen (secondary N) is 1. The minimum atomic E-state index is -1.38. The molecule has 5 aromatic rings. The number of anilines is 2. The smallest absolute Gasteiger partial charge is 0.336 e. The zero-order valence-electron chi connectivity index (χ0n) is 34.7. The maximum atomic E-state index is 14.1. The van der Waals surface area contributed by atoms with Gasteiger partial charge >= 0.3 is 5.97 Å². The lowest BCUT2D eigenvalue weighted by atomic mass is 9.67. The second kappa shape index (κ2) is 15.9. The first-order valence-electron chi connectivity index (χ1n) is 21.1. The number of aliphatic hydroxyl groups is 3. The van der Waals surface area contributed by atoms with E-state index in [1.165, 1.54) is 6.08 Å². The normalized spacial score (nSPS) is 25.0. The third-order valence-electron chi connectivity index (χ3n) is 13.6. The number of aryl methyl sites for hydroxylation is 1. The zero-order chi connectivity index (χ0) is 43.6. The fourth-order valence-corrected chi connectivity index (χ4v) is 10.4. The maximum Gasteiger partial charge on any atom is 0.336 e. The van der Waals surface area contributed by atoms with E-state index in [4.69, 9.17) is 24.6 Å². The number of hydrogen-bond donors (Lipinski definition) is 7. The highest BCUT2D eigenvalue weighted by Crippen LogP contribution is 2.58. The van der Waals surface area contributed by atoms with E-state index in [2.05, 4.69) is 22.4 Å². The topological polar surface area (TPSA) is 231 Å². The molecule has 2 aromatic carbocycles. The molecule has 0 radical (unpaired) electrons. The standard InChI is InChI=1S/C48H50N4O10/c1-4-25(20-53)47(59)61-37-18-34-42(58)40-36(57)17-31(21-54)60-44(40)41-39-32-11-12-50-45(49)38(32)27(8-7-26-9-10-30(56)16-33(26)35(39)22-55)15-29(48(37,3)62-43(34)41)14-24-13-28-6-5-23(2)52-46(28)51-19-24/h4-6,9-13,16-17,19,23,27,29,35,37,39,53-56,58H,7-8,14-15,18,20-22H2,1-3H3,(H2,49,50)(H,51,52). The number of carbonyl (C=O) groups is 1. The van der Waals surface area contributed by atoms with Gasteiger partial charge in [-0.1, -0.05) is 24.3 Å². The second-order valence-corrected chi connectivity index (χ2v) is 17.2. The number of pyridine rings is 2. The molecule has 7 atom stereocenters. The number of aliphatic hydroxyl groups excluding tert-OH is 3. The third kappa shape index (κ3) is 6.77. The van der Waals surface area contributed by atoms with Crippen molar-refractivity contribution in [2.45, 2.75) is 95.0 Å². The number of nitrogen functional groups attached to an aromatic ring is 1. The number of ether oxygens (including phenoxy) is 2. The Bertz CT molecular complexity index is 2750. The molecule has 14 heteroatoms. The van der Waals surface area contributed by atoms with Crippen molar-refractivity contribution in [2.24, 2.45) is 5.92 Å². The predicted molar refractivity (Wildman–Crippen MR) is 231 cm³/mol. The first kappa shape index (κ1) is 41.1. The van der Waals surface area contributed by atoms with Crippen LogP contribution in [0, 0.1) is 5.92 Å². The summed E-state index contributed by atoms with van der Waals surface area (Å²) in [7, 11) is 0. The minimum absolute atomic E-state index is 0.00249. The summed E-state index contributed by atoms with van der Waals surface area (Å²) in [6.45, 7) is 3.92. The number of aromatic hydroxyl groups is 2. The number of nitrogens with two attached hydrogens (primary N) is 1. The van der Waals surface area contributed by atoms with E-state index in [0.29, 0.717) is 42.4 Å². The lowest BCUT2D eigenvalue weighted by Crippen LogP contribution is -2.57. The molecule has 4 aliphatic rings. The van der Waals surface area contributed by atoms with Gasteiger partial charge in [0.25, 0.3) is 0 Å². The first-order chi connectivity index (χ1) is 29.9. The van der Waals surface area contributed by atoms with Crippen LogP contribution in [0.15, 0.2) is 75.7 Å². The molecule has 322 valence electrons. The largest absolute Gasteiger partial charge is 0.508 e. The van der Waals surface area contributed by atoms with E-state index in [-0.39, 0.29) is 63.6 Å². The molecule has 0 saturated carbocycles. The number of carbonyl (C=O) groups excluding carboxylic acids is 1. The highest BCUT2D eigenvalue weighted by molar-refractivity contribution is 5.92. The van der Waals surface area contributed by atoms with Gasteiger partial charge in [-0.15, -0.1) is 0 Å². The average molecular weight is 843 g/mol. The van der Waals surface area contributed by atoms with Crippen LogP contribution in [-0.4, -0.2) is 72.4 Å². The fourth-order valence-electron chi connectivity index (χ4n) is 10.4. The monoisotopic (exact) mass is 842 g/mol. The predicted octanol–water partition coefficient (Wildman–Crippen LogP) is 5.64. The molecule has 6 heterocycles. The zero-order valence-corrected chi connectivity index (χ0v) is 34.7. The van der Waals surface area contributed by atoms with Gasteiger partial charge in [0.05, 0.1) is 18.8 Å². The molecule has 0 fully saturated rings. The number of nitrogens with zero attached hydrogens (tertiary/aromatic N) is 2. The molecule has 0 saturated heterocycles. The van der Waals surface area contributed by atoms with Gasteiger partial charge in [-0.2, -0.15) is 0 Å². The second-order valence-electron chi connectivity index (χ2n) is 17.2. The molecule has 3 aliphatic heterocycles. The SMILES string of the molecule is CC=C(CO)C(=O)OC1Cc2c3c(c4oc(CO)cc(=O)c4c2O)C2c4ccnc(N)c4C(CCc4ccc(O)cc4C2CO)CC(Cc2cnc4c(c2)C=CC(C)N4)C1(C)O3. The summed E-state index contributed by atoms with van der Waals surface area (Å²) in [5, 5.41) is 58.7. The molecule has 1 aliphatic carbocycles. The van der Waals surface area contributed by atoms with Gasteiger partial charge in [0.2, 0.25) is 0 Å². The van der Waals surface area contributed by atoms with Crippen LogP contribution < -0.4 is 21.2 Å². The van der Waals surface area contributed by atoms with Crippen molar-refractivity contribution >= 4 is 34.7 Å². The summed E-state index contributed by atoms with van der Waals surface area (Å²) in [4.78, 5) is 37.5. The van der Waals surface area contributed by atoms with Gasteiger partial charge in [0, 0.05) is 70.9 Å². The number of rotatable bonds is 7. The molecule has 0 amide bonds. The van der Waals surface area contributed by atoms with Crippen molar-refractivity contribution < 1.29 is 44.2 Å². The number of aromatic nitrogens is 2. The number of hydrogen-bond acceptors (Lipinski definition) is 14. The van der Waals surface area contributed by atoms with Crippen LogP contribution in [0.5, 0.6) is 17.2 Å². The van der Waals surface area contributed by atoms with Crippen LogP contribution >= 0.6 is 0 Å². The van der Waals surface area contributed by atoms with E-state index in [1.54, 1.807) is 25.3 Å². The molecule has 4 bridgehead atoms. The van der Waals surface area contributed by atoms with E-state index in [0.717, 1.165) is 34.1 Å². The molecule has 3 aromatic heterocycles. The molecule has 8 N–H and O–H groups in total. The number of phenolic OH excluding ortho intramolecular Hbond substituents is 2. The van der Waals surface area contributed by atoms with Gasteiger partial charge in [-0.05, 0) is 98.9 Å². The van der Waals surface area contributed by atoms with Crippen molar-refractivity contribution in [1.29, 1.82) is 0 Å². The van der Waals surface area contributed by atoms with E-state index < -0.39 is 66.4 Å². The number of esters is 1. The lowest BCUT2D eigenvalue weighted by Gasteiger charge is -2.49. The Kier molecular flexibility index (Phi) is 10.6. The molecule has 14 nitrogen and oxygen atoms in total. The number of fused-ring (bicyclic) bond motifs is 6. The molecule has 62 heavy (non-hydrogen) atoms. The van der Waals surface area contributed by atoms with E-state index in [9.17, 15) is 35.1 Å². The summed E-state index contributed by atoms with van der Waals surface area (Å²) in [6.07, 6.45) is 9.72. The van der Waals surface area contributed by atoms with Gasteiger partial charge in [0.1, 0.15) is 63.9 Å². The van der Waals surface area contributed by atoms with Gasteiger partial charge in [-0.3, -0.25) is 4.79 Å². The summed E-state index contributed by atoms with van der Waals surface area (Å²) >= 11 is 0. The molecular weight excluding hydrogens is 793 g/mol. The number of benzene rings is 2. The van der Waals surface area contributed by atoms with Crippen LogP contribution in [0.1, 0.15) is 102 Å². The van der Waals surface area contributed by atoms with Crippen molar-refractivity contribution in [3.8, 4) is 17.2 Å². The minimum Gasteiger partial charge on any atom is -0.508 e. The van der Waals surface area contributed by atoms with Crippen molar-refractivity contribution in [2.75, 3.05) is 24.3 Å². The Hall–Kier alpha value is -6.22. The quantitative estimate of drug-likeness (QED) is 0.0777. The highest BCUT2D eigenvalue weighted by Gasteiger charge is 2.54. The van der Waals surface area contributed by atoms with Crippen LogP contribution in [0.25, 0.3) is 17.0 Å². The van der Waals surface area contributed by atoms with Crippen LogP contribution in [0.2, 0.25) is 0 Å². The van der Waals surface area contributed by atoms with Gasteiger partial charge < -0.3 is 50.5 Å². The van der Waals surface area contributed by atoms with E-state index in [1.807, 2.05) is 38.3 Å². The van der Waals surface area contributed by atoms with Gasteiger partial charge in [-0.25, -0.2) is 14.8 Å². The third-order valence-corrected chi connectivity index (χ3v) is 13.6. The first-order valence-corrected chi connectivity index (χ1v) is 21.1. The Morgan fingerprint density at radius 3 is 2.68 bits per heavy atom. The summed E-state index contributed by atoms with van der Waals surface area (Å²) in [6, 6.07) is 10.3. The van der Waals surface area contributed by atoms with Crippen LogP contribution in [0.4, 0.5) is 11.6 Å². The van der Waals surface area contributed by atoms with Crippen molar-refractivity contribution in [3.05, 3.63) is 127 Å². The Labute approximate surface area is 357 Å². The molecule has 9 rings (SSSR count). The van der Waals surface area contributed by atoms with Crippen LogP contribution in [0.3, 0.4) is 0 Å². The fraction of sp³-hybridized carbons (Fsp3) is 0.375. The number of allylic oxidation sites excluding steroid dienone is 1. The Balaban J connectivity index is 1.39. The Morgan fingerprint density at radius 2 is 1.92 bits per heavy atom. The Morgan fingerprint density at radius 1 is 1.10 bits per heavy atom. The van der Waals surface area contributed by atoms with Crippen molar-refractivity contribution in [3.63, 3.8) is 0 Å². The number of phenols is 2. The summed E-state index contributed by atoms with van der Waals surface area (Å²) < 4.78 is 20.2. The van der Waals surface area contributed by atoms with E-state index >= 15 is 0 Å². The van der Waals surface area contributed by atoms with Gasteiger partial charge in [0.15, 0.2) is 5.43 Å². The molecule has 7 unspecified atom stereocenters. The molecular formula is C48H50N4O10. The van der Waals surface area contributed by atoms with Crippen molar-refractivity contribution in [1.82, 2.24) is 9.97 Å². The average Bonchev–Trinajstić information content (AvgIpc) is 3.30. The summed E-state index contributed by atoms with van der Waals surface area (Å²) in [5.74, 6) is -2.56.